The summed E-state index contributed by atoms with van der Waals surface area (Å²) in [5.74, 6) is 0. The van der Waals surface area contributed by atoms with E-state index >= 15 is 0 Å². The maximum atomic E-state index is 12.2. The zero-order chi connectivity index (χ0) is 16.9. The second kappa shape index (κ2) is 7.49. The number of rotatable bonds is 6. The summed E-state index contributed by atoms with van der Waals surface area (Å²) in [6.07, 6.45) is -0.347. The van der Waals surface area contributed by atoms with Gasteiger partial charge in [-0.05, 0) is 25.0 Å². The van der Waals surface area contributed by atoms with Crippen LogP contribution in [0.25, 0.3) is 0 Å². The molecule has 1 N–H and O–H groups in total. The molecular formula is C20H24N2O2. The molecule has 1 saturated heterocycles. The number of hydrogen-bond acceptors (Lipinski definition) is 3. The summed E-state index contributed by atoms with van der Waals surface area (Å²) in [7, 11) is 0. The second-order valence-electron chi connectivity index (χ2n) is 6.29. The van der Waals surface area contributed by atoms with Gasteiger partial charge in [0.05, 0.1) is 12.6 Å². The van der Waals surface area contributed by atoms with E-state index in [2.05, 4.69) is 24.4 Å². The van der Waals surface area contributed by atoms with E-state index in [1.807, 2.05) is 55.5 Å². The highest BCUT2D eigenvalue weighted by atomic mass is 16.6. The fourth-order valence-electron chi connectivity index (χ4n) is 3.04. The van der Waals surface area contributed by atoms with Crippen LogP contribution < -0.4 is 5.32 Å². The minimum absolute atomic E-state index is 0.0234. The molecule has 3 atom stereocenters. The average Bonchev–Trinajstić information content (AvgIpc) is 3.01. The molecule has 2 aromatic carbocycles. The van der Waals surface area contributed by atoms with Gasteiger partial charge in [-0.15, -0.1) is 0 Å². The normalized spacial score (nSPS) is 19.8. The van der Waals surface area contributed by atoms with Crippen LogP contribution in [-0.4, -0.2) is 30.2 Å². The van der Waals surface area contributed by atoms with Crippen LogP contribution in [0.5, 0.6) is 0 Å². The lowest BCUT2D eigenvalue weighted by Crippen LogP contribution is -2.33. The number of carbonyl (C=O) groups is 1. The van der Waals surface area contributed by atoms with Crippen molar-refractivity contribution in [2.45, 2.75) is 32.0 Å². The summed E-state index contributed by atoms with van der Waals surface area (Å²) in [6.45, 7) is 5.43. The Bertz CT molecular complexity index is 660. The lowest BCUT2D eigenvalue weighted by molar-refractivity contribution is 0.127. The van der Waals surface area contributed by atoms with Crippen LogP contribution in [0.2, 0.25) is 0 Å². The first-order chi connectivity index (χ1) is 11.6. The van der Waals surface area contributed by atoms with E-state index in [1.54, 1.807) is 4.90 Å². The second-order valence-corrected chi connectivity index (χ2v) is 6.29. The number of benzene rings is 2. The molecule has 24 heavy (non-hydrogen) atoms. The smallest absolute Gasteiger partial charge is 0.410 e. The number of amides is 1. The first kappa shape index (κ1) is 16.5. The summed E-state index contributed by atoms with van der Waals surface area (Å²) in [5.41, 5.74) is 2.36. The minimum Gasteiger partial charge on any atom is -0.443 e. The minimum atomic E-state index is -0.231. The van der Waals surface area contributed by atoms with Crippen molar-refractivity contribution in [2.75, 3.05) is 13.1 Å². The lowest BCUT2D eigenvalue weighted by atomic mass is 10.1. The number of nitrogens with zero attached hydrogens (tertiary/aromatic N) is 1. The van der Waals surface area contributed by atoms with Crippen LogP contribution in [0.4, 0.5) is 4.79 Å². The highest BCUT2D eigenvalue weighted by molar-refractivity contribution is 5.70. The molecule has 1 fully saturated rings. The molecule has 1 aliphatic heterocycles. The molecule has 3 rings (SSSR count). The molecule has 2 aromatic rings. The predicted octanol–water partition coefficient (Wildman–Crippen LogP) is 3.92. The number of hydrogen-bond donors (Lipinski definition) is 1. The highest BCUT2D eigenvalue weighted by Gasteiger charge is 2.34. The SMILES string of the molecule is C[C@H](NC[C@@H]1CN([C@@H](C)c2ccccc2)C(=O)O1)c1ccccc1. The Morgan fingerprint density at radius 3 is 2.25 bits per heavy atom. The molecule has 126 valence electrons. The number of ether oxygens (including phenoxy) is 1. The van der Waals surface area contributed by atoms with Gasteiger partial charge in [0.15, 0.2) is 0 Å². The third-order valence-corrected chi connectivity index (χ3v) is 4.60. The van der Waals surface area contributed by atoms with Crippen molar-refractivity contribution in [3.05, 3.63) is 71.8 Å². The number of nitrogens with one attached hydrogen (secondary N) is 1. The van der Waals surface area contributed by atoms with Crippen LogP contribution in [-0.2, 0) is 4.74 Å². The molecule has 1 aliphatic rings. The fraction of sp³-hybridized carbons (Fsp3) is 0.350. The summed E-state index contributed by atoms with van der Waals surface area (Å²) in [5, 5.41) is 3.46. The van der Waals surface area contributed by atoms with Crippen LogP contribution in [0, 0.1) is 0 Å². The Hall–Kier alpha value is -2.33. The highest BCUT2D eigenvalue weighted by Crippen LogP contribution is 2.25. The molecule has 0 unspecified atom stereocenters. The summed E-state index contributed by atoms with van der Waals surface area (Å²) in [6, 6.07) is 20.6. The van der Waals surface area contributed by atoms with Gasteiger partial charge in [0.1, 0.15) is 6.10 Å². The van der Waals surface area contributed by atoms with Crippen molar-refractivity contribution in [3.8, 4) is 0 Å². The molecule has 4 heteroatoms. The third kappa shape index (κ3) is 3.77. The maximum absolute atomic E-state index is 12.2. The summed E-state index contributed by atoms with van der Waals surface area (Å²) < 4.78 is 5.53. The van der Waals surface area contributed by atoms with E-state index in [0.29, 0.717) is 13.1 Å². The van der Waals surface area contributed by atoms with Gasteiger partial charge in [0, 0.05) is 12.6 Å². The average molecular weight is 324 g/mol. The van der Waals surface area contributed by atoms with Gasteiger partial charge in [-0.25, -0.2) is 4.79 Å². The topological polar surface area (TPSA) is 41.6 Å². The Morgan fingerprint density at radius 2 is 1.62 bits per heavy atom. The van der Waals surface area contributed by atoms with Crippen LogP contribution in [0.15, 0.2) is 60.7 Å². The lowest BCUT2D eigenvalue weighted by Gasteiger charge is -2.22. The Balaban J connectivity index is 1.55. The van der Waals surface area contributed by atoms with Crippen LogP contribution in [0.3, 0.4) is 0 Å². The van der Waals surface area contributed by atoms with Gasteiger partial charge >= 0.3 is 6.09 Å². The Labute approximate surface area is 143 Å². The van der Waals surface area contributed by atoms with Crippen molar-refractivity contribution < 1.29 is 9.53 Å². The standard InChI is InChI=1S/C20H24N2O2/c1-15(17-9-5-3-6-10-17)21-13-19-14-22(20(23)24-19)16(2)18-11-7-4-8-12-18/h3-12,15-16,19,21H,13-14H2,1-2H3/t15-,16-,19+/m0/s1. The molecule has 0 saturated carbocycles. The van der Waals surface area contributed by atoms with Crippen molar-refractivity contribution in [1.29, 1.82) is 0 Å². The molecule has 1 amide bonds. The molecule has 0 spiro atoms. The quantitative estimate of drug-likeness (QED) is 0.875. The summed E-state index contributed by atoms with van der Waals surface area (Å²) >= 11 is 0. The van der Waals surface area contributed by atoms with E-state index in [9.17, 15) is 4.79 Å². The maximum Gasteiger partial charge on any atom is 0.410 e. The van der Waals surface area contributed by atoms with Crippen molar-refractivity contribution in [1.82, 2.24) is 10.2 Å². The molecule has 4 nitrogen and oxygen atoms in total. The number of carbonyl (C=O) groups excluding carboxylic acids is 1. The van der Waals surface area contributed by atoms with E-state index in [0.717, 1.165) is 5.56 Å². The zero-order valence-electron chi connectivity index (χ0n) is 14.2. The van der Waals surface area contributed by atoms with Gasteiger partial charge in [0.2, 0.25) is 0 Å². The van der Waals surface area contributed by atoms with E-state index in [4.69, 9.17) is 4.74 Å². The molecule has 0 radical (unpaired) electrons. The van der Waals surface area contributed by atoms with Crippen molar-refractivity contribution >= 4 is 6.09 Å². The van der Waals surface area contributed by atoms with E-state index in [-0.39, 0.29) is 24.3 Å². The molecular weight excluding hydrogens is 300 g/mol. The van der Waals surface area contributed by atoms with E-state index < -0.39 is 0 Å². The molecule has 1 heterocycles. The van der Waals surface area contributed by atoms with Crippen molar-refractivity contribution in [2.24, 2.45) is 0 Å². The van der Waals surface area contributed by atoms with Gasteiger partial charge < -0.3 is 10.1 Å². The Kier molecular flexibility index (Phi) is 5.16. The van der Waals surface area contributed by atoms with E-state index in [1.165, 1.54) is 5.56 Å². The van der Waals surface area contributed by atoms with Gasteiger partial charge in [0.25, 0.3) is 0 Å². The zero-order valence-corrected chi connectivity index (χ0v) is 14.2. The first-order valence-corrected chi connectivity index (χ1v) is 8.45. The van der Waals surface area contributed by atoms with Gasteiger partial charge in [-0.3, -0.25) is 4.90 Å². The van der Waals surface area contributed by atoms with Gasteiger partial charge in [-0.1, -0.05) is 60.7 Å². The third-order valence-electron chi connectivity index (χ3n) is 4.60. The largest absolute Gasteiger partial charge is 0.443 e. The molecule has 0 bridgehead atoms. The predicted molar refractivity (Wildman–Crippen MR) is 94.7 cm³/mol. The summed E-state index contributed by atoms with van der Waals surface area (Å²) in [4.78, 5) is 14.0. The van der Waals surface area contributed by atoms with Crippen molar-refractivity contribution in [3.63, 3.8) is 0 Å². The number of cyclic esters (lactones) is 1. The monoisotopic (exact) mass is 324 g/mol. The fourth-order valence-corrected chi connectivity index (χ4v) is 3.04. The van der Waals surface area contributed by atoms with Crippen LogP contribution >= 0.6 is 0 Å². The molecule has 0 aromatic heterocycles. The van der Waals surface area contributed by atoms with Crippen LogP contribution in [0.1, 0.15) is 37.1 Å². The molecule has 0 aliphatic carbocycles. The first-order valence-electron chi connectivity index (χ1n) is 8.45. The Morgan fingerprint density at radius 1 is 1.04 bits per heavy atom. The van der Waals surface area contributed by atoms with Gasteiger partial charge in [-0.2, -0.15) is 0 Å².